The lowest BCUT2D eigenvalue weighted by Gasteiger charge is -2.29. The number of tetrazole rings is 2. The van der Waals surface area contributed by atoms with Gasteiger partial charge in [-0.15, -0.1) is 10.2 Å². The Kier molecular flexibility index (Phi) is 4.46. The third kappa shape index (κ3) is 3.09. The third-order valence-corrected chi connectivity index (χ3v) is 5.14. The second-order valence-electron chi connectivity index (χ2n) is 6.91. The molecule has 0 bridgehead atoms. The Bertz CT molecular complexity index is 1230. The number of benzene rings is 2. The van der Waals surface area contributed by atoms with Crippen LogP contribution in [0.15, 0.2) is 47.5 Å². The number of aromatic nitrogens is 8. The van der Waals surface area contributed by atoms with Gasteiger partial charge in [-0.3, -0.25) is 4.79 Å². The van der Waals surface area contributed by atoms with Crippen molar-refractivity contribution in [1.82, 2.24) is 40.8 Å². The van der Waals surface area contributed by atoms with Gasteiger partial charge in [0.2, 0.25) is 0 Å². The van der Waals surface area contributed by atoms with E-state index >= 15 is 0 Å². The molecule has 0 radical (unpaired) electrons. The van der Waals surface area contributed by atoms with E-state index in [2.05, 4.69) is 41.1 Å². The van der Waals surface area contributed by atoms with Crippen LogP contribution >= 0.6 is 0 Å². The fourth-order valence-electron chi connectivity index (χ4n) is 3.78. The standard InChI is InChI=1S/C19H17N9O2/c1-11-16(18(29)30-10-9-15-21-24-25-22-15)17(28-19(20-11)23-26-27-28)14-8-4-6-12-5-2-3-7-13(12)14/h2-8,16-17H,9-10H2,1H3,(H,21,22,24,25). The number of hydrogen-bond donors (Lipinski definition) is 1. The van der Waals surface area contributed by atoms with Crippen molar-refractivity contribution in [3.8, 4) is 0 Å². The van der Waals surface area contributed by atoms with Gasteiger partial charge in [0.15, 0.2) is 5.82 Å². The number of carbonyl (C=O) groups excluding carboxylic acids is 1. The fourth-order valence-corrected chi connectivity index (χ4v) is 3.78. The predicted octanol–water partition coefficient (Wildman–Crippen LogP) is 1.44. The van der Waals surface area contributed by atoms with Crippen LogP contribution in [0.4, 0.5) is 5.95 Å². The van der Waals surface area contributed by atoms with Crippen molar-refractivity contribution in [2.45, 2.75) is 19.4 Å². The maximum absolute atomic E-state index is 13.1. The monoisotopic (exact) mass is 403 g/mol. The summed E-state index contributed by atoms with van der Waals surface area (Å²) in [4.78, 5) is 17.6. The zero-order valence-electron chi connectivity index (χ0n) is 16.0. The average Bonchev–Trinajstić information content (AvgIpc) is 3.44. The normalized spacial score (nSPS) is 18.1. The summed E-state index contributed by atoms with van der Waals surface area (Å²) in [6.45, 7) is 1.92. The Morgan fingerprint density at radius 3 is 2.90 bits per heavy atom. The molecule has 2 unspecified atom stereocenters. The number of aromatic amines is 1. The van der Waals surface area contributed by atoms with E-state index in [1.54, 1.807) is 11.6 Å². The van der Waals surface area contributed by atoms with Crippen LogP contribution in [0.25, 0.3) is 10.8 Å². The van der Waals surface area contributed by atoms with Crippen LogP contribution in [0.5, 0.6) is 0 Å². The summed E-state index contributed by atoms with van der Waals surface area (Å²) >= 11 is 0. The van der Waals surface area contributed by atoms with Gasteiger partial charge >= 0.3 is 5.97 Å². The van der Waals surface area contributed by atoms with E-state index in [-0.39, 0.29) is 6.61 Å². The van der Waals surface area contributed by atoms with Gasteiger partial charge in [-0.1, -0.05) is 52.8 Å². The summed E-state index contributed by atoms with van der Waals surface area (Å²) in [5.74, 6) is -0.234. The number of ether oxygens (including phenoxy) is 1. The van der Waals surface area contributed by atoms with Crippen LogP contribution in [0.3, 0.4) is 0 Å². The van der Waals surface area contributed by atoms with Gasteiger partial charge in [-0.05, 0) is 33.7 Å². The molecule has 11 nitrogen and oxygen atoms in total. The van der Waals surface area contributed by atoms with Gasteiger partial charge < -0.3 is 4.74 Å². The van der Waals surface area contributed by atoms with E-state index in [4.69, 9.17) is 4.74 Å². The van der Waals surface area contributed by atoms with Crippen LogP contribution in [0.1, 0.15) is 24.4 Å². The predicted molar refractivity (Wildman–Crippen MR) is 105 cm³/mol. The summed E-state index contributed by atoms with van der Waals surface area (Å²) in [6, 6.07) is 13.5. The first-order chi connectivity index (χ1) is 14.7. The Morgan fingerprint density at radius 1 is 1.17 bits per heavy atom. The molecule has 5 rings (SSSR count). The summed E-state index contributed by atoms with van der Waals surface area (Å²) < 4.78 is 7.14. The van der Waals surface area contributed by atoms with Crippen molar-refractivity contribution in [2.24, 2.45) is 10.9 Å². The number of carbonyl (C=O) groups is 1. The molecule has 3 heterocycles. The molecule has 11 heteroatoms. The quantitative estimate of drug-likeness (QED) is 0.494. The maximum atomic E-state index is 13.1. The minimum Gasteiger partial charge on any atom is -0.465 e. The molecule has 1 N–H and O–H groups in total. The minimum atomic E-state index is -0.669. The van der Waals surface area contributed by atoms with Gasteiger partial charge in [0, 0.05) is 12.1 Å². The number of nitrogens with one attached hydrogen (secondary N) is 1. The zero-order chi connectivity index (χ0) is 20.5. The van der Waals surface area contributed by atoms with E-state index in [1.807, 2.05) is 42.5 Å². The van der Waals surface area contributed by atoms with Crippen molar-refractivity contribution < 1.29 is 9.53 Å². The molecule has 2 atom stereocenters. The van der Waals surface area contributed by atoms with E-state index in [1.165, 1.54) is 0 Å². The molecule has 0 fully saturated rings. The van der Waals surface area contributed by atoms with Crippen molar-refractivity contribution in [2.75, 3.05) is 6.61 Å². The van der Waals surface area contributed by atoms with Crippen LogP contribution < -0.4 is 0 Å². The Labute approximate surface area is 170 Å². The van der Waals surface area contributed by atoms with Crippen LogP contribution in [-0.2, 0) is 16.0 Å². The van der Waals surface area contributed by atoms with E-state index in [0.29, 0.717) is 23.9 Å². The molecular formula is C19H17N9O2. The highest BCUT2D eigenvalue weighted by atomic mass is 16.5. The Morgan fingerprint density at radius 2 is 2.03 bits per heavy atom. The molecule has 0 spiro atoms. The zero-order valence-corrected chi connectivity index (χ0v) is 16.0. The number of rotatable bonds is 5. The lowest BCUT2D eigenvalue weighted by atomic mass is 9.86. The molecule has 2 aromatic heterocycles. The number of fused-ring (bicyclic) bond motifs is 2. The highest BCUT2D eigenvalue weighted by Gasteiger charge is 2.40. The van der Waals surface area contributed by atoms with Crippen LogP contribution in [0.2, 0.25) is 0 Å². The first kappa shape index (κ1) is 18.0. The summed E-state index contributed by atoms with van der Waals surface area (Å²) in [5.41, 5.74) is 1.52. The molecule has 0 saturated carbocycles. The second kappa shape index (κ2) is 7.43. The van der Waals surface area contributed by atoms with Crippen LogP contribution in [0, 0.1) is 5.92 Å². The fraction of sp³-hybridized carbons (Fsp3) is 0.263. The third-order valence-electron chi connectivity index (χ3n) is 5.14. The first-order valence-corrected chi connectivity index (χ1v) is 9.42. The van der Waals surface area contributed by atoms with Gasteiger partial charge in [0.25, 0.3) is 5.95 Å². The molecular weight excluding hydrogens is 386 g/mol. The molecule has 1 aliphatic heterocycles. The highest BCUT2D eigenvalue weighted by Crippen LogP contribution is 2.38. The molecule has 2 aromatic carbocycles. The van der Waals surface area contributed by atoms with Gasteiger partial charge in [0.1, 0.15) is 12.0 Å². The Hall–Kier alpha value is -4.02. The van der Waals surface area contributed by atoms with Crippen molar-refractivity contribution in [1.29, 1.82) is 0 Å². The SMILES string of the molecule is CC1=Nc2nnnn2C(c2cccc3ccccc23)C1C(=O)OCCc1nn[nH]n1. The molecule has 4 aromatic rings. The number of nitrogens with zero attached hydrogens (tertiary/aromatic N) is 8. The van der Waals surface area contributed by atoms with Gasteiger partial charge in [-0.2, -0.15) is 5.21 Å². The molecule has 150 valence electrons. The smallest absolute Gasteiger partial charge is 0.317 e. The van der Waals surface area contributed by atoms with Crippen LogP contribution in [-0.4, -0.2) is 59.1 Å². The number of esters is 1. The van der Waals surface area contributed by atoms with E-state index < -0.39 is 17.9 Å². The molecule has 0 saturated heterocycles. The Balaban J connectivity index is 1.52. The summed E-state index contributed by atoms with van der Waals surface area (Å²) in [5, 5.41) is 27.6. The molecule has 1 aliphatic rings. The largest absolute Gasteiger partial charge is 0.465 e. The van der Waals surface area contributed by atoms with Crippen molar-refractivity contribution in [3.05, 3.63) is 53.9 Å². The van der Waals surface area contributed by atoms with Gasteiger partial charge in [0.05, 0.1) is 6.61 Å². The molecule has 30 heavy (non-hydrogen) atoms. The highest BCUT2D eigenvalue weighted by molar-refractivity contribution is 6.04. The number of H-pyrrole nitrogens is 1. The minimum absolute atomic E-state index is 0.132. The average molecular weight is 403 g/mol. The molecule has 0 amide bonds. The van der Waals surface area contributed by atoms with E-state index in [9.17, 15) is 4.79 Å². The maximum Gasteiger partial charge on any atom is 0.317 e. The number of aliphatic imine (C=N–C) groups is 1. The lowest BCUT2D eigenvalue weighted by molar-refractivity contribution is -0.147. The van der Waals surface area contributed by atoms with Gasteiger partial charge in [-0.25, -0.2) is 9.67 Å². The topological polar surface area (TPSA) is 137 Å². The molecule has 0 aliphatic carbocycles. The van der Waals surface area contributed by atoms with Crippen molar-refractivity contribution >= 4 is 28.4 Å². The lowest BCUT2D eigenvalue weighted by Crippen LogP contribution is -2.37. The second-order valence-corrected chi connectivity index (χ2v) is 6.91. The summed E-state index contributed by atoms with van der Waals surface area (Å²) in [7, 11) is 0. The van der Waals surface area contributed by atoms with Crippen molar-refractivity contribution in [3.63, 3.8) is 0 Å². The van der Waals surface area contributed by atoms with E-state index in [0.717, 1.165) is 16.3 Å². The number of hydrogen-bond acceptors (Lipinski definition) is 9. The first-order valence-electron chi connectivity index (χ1n) is 9.42. The summed E-state index contributed by atoms with van der Waals surface area (Å²) in [6.07, 6.45) is 0.361.